The summed E-state index contributed by atoms with van der Waals surface area (Å²) in [6, 6.07) is 8.54. The number of carbonyl (C=O) groups excluding carboxylic acids is 1. The number of nitrogens with one attached hydrogen (secondary N) is 1. The number of anilines is 1. The van der Waals surface area contributed by atoms with Crippen LogP contribution in [0.3, 0.4) is 0 Å². The van der Waals surface area contributed by atoms with Crippen molar-refractivity contribution < 1.29 is 19.0 Å². The van der Waals surface area contributed by atoms with Gasteiger partial charge in [-0.2, -0.15) is 5.10 Å². The summed E-state index contributed by atoms with van der Waals surface area (Å²) in [6.07, 6.45) is 3.22. The summed E-state index contributed by atoms with van der Waals surface area (Å²) in [5, 5.41) is 8.14. The van der Waals surface area contributed by atoms with Gasteiger partial charge in [0.25, 0.3) is 5.91 Å². The molecule has 1 heterocycles. The van der Waals surface area contributed by atoms with Gasteiger partial charge in [0, 0.05) is 21.8 Å². The Morgan fingerprint density at radius 1 is 1.03 bits per heavy atom. The van der Waals surface area contributed by atoms with E-state index in [1.54, 1.807) is 41.2 Å². The summed E-state index contributed by atoms with van der Waals surface area (Å²) < 4.78 is 17.6. The molecule has 0 aliphatic carbocycles. The number of rotatable bonds is 7. The van der Waals surface area contributed by atoms with Crippen molar-refractivity contribution in [1.82, 2.24) is 9.78 Å². The number of hydrogen-bond donors (Lipinski definition) is 1. The van der Waals surface area contributed by atoms with Crippen molar-refractivity contribution in [3.8, 4) is 17.2 Å². The molecule has 0 unspecified atom stereocenters. The van der Waals surface area contributed by atoms with Gasteiger partial charge in [0.15, 0.2) is 11.5 Å². The first kappa shape index (κ1) is 20.8. The van der Waals surface area contributed by atoms with E-state index in [0.29, 0.717) is 39.3 Å². The number of methoxy groups -OCH3 is 3. The maximum Gasteiger partial charge on any atom is 0.259 e. The van der Waals surface area contributed by atoms with Crippen LogP contribution in [0.25, 0.3) is 0 Å². The van der Waals surface area contributed by atoms with Crippen LogP contribution in [0.4, 0.5) is 5.69 Å². The zero-order chi connectivity index (χ0) is 21.0. The molecule has 0 spiro atoms. The molecular weight excluding hydrogens is 417 g/mol. The van der Waals surface area contributed by atoms with Gasteiger partial charge in [-0.15, -0.1) is 0 Å². The fourth-order valence-corrected chi connectivity index (χ4v) is 3.36. The van der Waals surface area contributed by atoms with Crippen molar-refractivity contribution in [3.63, 3.8) is 0 Å². The van der Waals surface area contributed by atoms with Crippen molar-refractivity contribution in [2.24, 2.45) is 0 Å². The second-order valence-corrected chi connectivity index (χ2v) is 6.78. The third-order valence-electron chi connectivity index (χ3n) is 4.22. The second kappa shape index (κ2) is 9.07. The van der Waals surface area contributed by atoms with Gasteiger partial charge >= 0.3 is 0 Å². The molecule has 1 N–H and O–H groups in total. The van der Waals surface area contributed by atoms with E-state index in [9.17, 15) is 4.79 Å². The van der Waals surface area contributed by atoms with E-state index >= 15 is 0 Å². The quantitative estimate of drug-likeness (QED) is 0.590. The third kappa shape index (κ3) is 4.41. The summed E-state index contributed by atoms with van der Waals surface area (Å²) in [5.41, 5.74) is 1.56. The molecule has 152 valence electrons. The van der Waals surface area contributed by atoms with Crippen molar-refractivity contribution in [2.75, 3.05) is 26.6 Å². The molecule has 1 aromatic heterocycles. The Labute approximate surface area is 178 Å². The van der Waals surface area contributed by atoms with Crippen LogP contribution in [0.5, 0.6) is 17.2 Å². The van der Waals surface area contributed by atoms with Gasteiger partial charge in [0.05, 0.1) is 45.3 Å². The molecule has 3 rings (SSSR count). The van der Waals surface area contributed by atoms with Crippen molar-refractivity contribution in [2.45, 2.75) is 6.54 Å². The number of amides is 1. The lowest BCUT2D eigenvalue weighted by atomic mass is 10.1. The van der Waals surface area contributed by atoms with Gasteiger partial charge in [0.1, 0.15) is 0 Å². The molecule has 1 amide bonds. The maximum absolute atomic E-state index is 12.8. The normalized spacial score (nSPS) is 10.5. The van der Waals surface area contributed by atoms with E-state index in [2.05, 4.69) is 10.4 Å². The Morgan fingerprint density at radius 2 is 1.72 bits per heavy atom. The lowest BCUT2D eigenvalue weighted by molar-refractivity contribution is 0.102. The van der Waals surface area contributed by atoms with Gasteiger partial charge in [-0.3, -0.25) is 9.48 Å². The fraction of sp³-hybridized carbons (Fsp3) is 0.200. The van der Waals surface area contributed by atoms with Crippen LogP contribution in [-0.2, 0) is 6.54 Å². The number of aromatic nitrogens is 2. The molecular formula is C20H19Cl2N3O4. The number of hydrogen-bond acceptors (Lipinski definition) is 5. The predicted octanol–water partition coefficient (Wildman–Crippen LogP) is 4.52. The molecule has 7 nitrogen and oxygen atoms in total. The van der Waals surface area contributed by atoms with Gasteiger partial charge in [0.2, 0.25) is 5.75 Å². The minimum atomic E-state index is -0.377. The standard InChI is InChI=1S/C20H19Cl2N3O4/c1-27-17-8-7-13(18(28-2)19(17)29-3)20(26)24-12-9-23-25(10-12)11-14-15(21)5-4-6-16(14)22/h4-10H,11H2,1-3H3,(H,24,26). The lowest BCUT2D eigenvalue weighted by Gasteiger charge is -2.15. The SMILES string of the molecule is COc1ccc(C(=O)Nc2cnn(Cc3c(Cl)cccc3Cl)c2)c(OC)c1OC. The minimum absolute atomic E-state index is 0.277. The topological polar surface area (TPSA) is 74.6 Å². The van der Waals surface area contributed by atoms with Gasteiger partial charge in [-0.25, -0.2) is 0 Å². The molecule has 0 aliphatic heterocycles. The Bertz CT molecular complexity index is 1020. The highest BCUT2D eigenvalue weighted by molar-refractivity contribution is 6.35. The Hall–Kier alpha value is -2.90. The van der Waals surface area contributed by atoms with Crippen molar-refractivity contribution in [3.05, 3.63) is 63.9 Å². The van der Waals surface area contributed by atoms with E-state index in [1.807, 2.05) is 0 Å². The minimum Gasteiger partial charge on any atom is -0.493 e. The van der Waals surface area contributed by atoms with Gasteiger partial charge in [-0.05, 0) is 24.3 Å². The number of ether oxygens (including phenoxy) is 3. The average Bonchev–Trinajstić information content (AvgIpc) is 3.16. The molecule has 0 bridgehead atoms. The predicted molar refractivity (Wildman–Crippen MR) is 112 cm³/mol. The number of benzene rings is 2. The molecule has 0 saturated carbocycles. The van der Waals surface area contributed by atoms with E-state index in [4.69, 9.17) is 37.4 Å². The van der Waals surface area contributed by atoms with Crippen LogP contribution in [0.1, 0.15) is 15.9 Å². The van der Waals surface area contributed by atoms with E-state index in [0.717, 1.165) is 5.56 Å². The lowest BCUT2D eigenvalue weighted by Crippen LogP contribution is -2.13. The van der Waals surface area contributed by atoms with Crippen LogP contribution < -0.4 is 19.5 Å². The summed E-state index contributed by atoms with van der Waals surface area (Å²) in [4.78, 5) is 12.8. The number of carbonyl (C=O) groups is 1. The molecule has 2 aromatic carbocycles. The Kier molecular flexibility index (Phi) is 6.51. The van der Waals surface area contributed by atoms with E-state index in [-0.39, 0.29) is 11.7 Å². The summed E-state index contributed by atoms with van der Waals surface area (Å²) in [5.74, 6) is 0.703. The Morgan fingerprint density at radius 3 is 2.34 bits per heavy atom. The van der Waals surface area contributed by atoms with E-state index < -0.39 is 0 Å². The molecule has 0 atom stereocenters. The molecule has 3 aromatic rings. The number of nitrogens with zero attached hydrogens (tertiary/aromatic N) is 2. The number of halogens is 2. The highest BCUT2D eigenvalue weighted by Gasteiger charge is 2.21. The molecule has 0 radical (unpaired) electrons. The highest BCUT2D eigenvalue weighted by Crippen LogP contribution is 2.40. The zero-order valence-corrected chi connectivity index (χ0v) is 17.5. The monoisotopic (exact) mass is 435 g/mol. The van der Waals surface area contributed by atoms with Crippen molar-refractivity contribution >= 4 is 34.8 Å². The molecule has 9 heteroatoms. The van der Waals surface area contributed by atoms with Crippen LogP contribution in [0, 0.1) is 0 Å². The van der Waals surface area contributed by atoms with Crippen LogP contribution in [0.2, 0.25) is 10.0 Å². The summed E-state index contributed by atoms with van der Waals surface area (Å²) in [7, 11) is 4.45. The summed E-state index contributed by atoms with van der Waals surface area (Å²) >= 11 is 12.4. The first-order valence-corrected chi connectivity index (χ1v) is 9.29. The molecule has 0 fully saturated rings. The second-order valence-electron chi connectivity index (χ2n) is 5.96. The Balaban J connectivity index is 1.81. The average molecular weight is 436 g/mol. The van der Waals surface area contributed by atoms with Crippen LogP contribution in [0.15, 0.2) is 42.7 Å². The largest absolute Gasteiger partial charge is 0.493 e. The van der Waals surface area contributed by atoms with Gasteiger partial charge < -0.3 is 19.5 Å². The van der Waals surface area contributed by atoms with Crippen molar-refractivity contribution in [1.29, 1.82) is 0 Å². The smallest absolute Gasteiger partial charge is 0.259 e. The first-order valence-electron chi connectivity index (χ1n) is 8.54. The first-order chi connectivity index (χ1) is 14.0. The highest BCUT2D eigenvalue weighted by atomic mass is 35.5. The molecule has 0 aliphatic rings. The molecule has 0 saturated heterocycles. The zero-order valence-electron chi connectivity index (χ0n) is 16.0. The maximum atomic E-state index is 12.8. The van der Waals surface area contributed by atoms with E-state index in [1.165, 1.54) is 27.5 Å². The van der Waals surface area contributed by atoms with Gasteiger partial charge in [-0.1, -0.05) is 29.3 Å². The summed E-state index contributed by atoms with van der Waals surface area (Å²) in [6.45, 7) is 0.369. The molecule has 29 heavy (non-hydrogen) atoms. The van der Waals surface area contributed by atoms with Crippen LogP contribution >= 0.6 is 23.2 Å². The fourth-order valence-electron chi connectivity index (χ4n) is 2.84. The van der Waals surface area contributed by atoms with Crippen LogP contribution in [-0.4, -0.2) is 37.0 Å². The third-order valence-corrected chi connectivity index (χ3v) is 4.93.